The van der Waals surface area contributed by atoms with E-state index in [-0.39, 0.29) is 11.8 Å². The molecule has 0 saturated heterocycles. The Bertz CT molecular complexity index is 366. The highest BCUT2D eigenvalue weighted by molar-refractivity contribution is 7.09. The number of hydrogen-bond donors (Lipinski definition) is 1. The highest BCUT2D eigenvalue weighted by Gasteiger charge is 2.33. The van der Waals surface area contributed by atoms with Gasteiger partial charge in [0.2, 0.25) is 5.91 Å². The van der Waals surface area contributed by atoms with Crippen molar-refractivity contribution in [3.05, 3.63) is 16.6 Å². The second kappa shape index (κ2) is 5.60. The molecular weight excluding hydrogens is 234 g/mol. The predicted octanol–water partition coefficient (Wildman–Crippen LogP) is 1.48. The molecule has 0 aromatic carbocycles. The number of aromatic nitrogens is 1. The van der Waals surface area contributed by atoms with E-state index in [1.165, 1.54) is 0 Å². The van der Waals surface area contributed by atoms with Crippen molar-refractivity contribution in [2.24, 2.45) is 17.6 Å². The van der Waals surface area contributed by atoms with Gasteiger partial charge in [-0.05, 0) is 25.3 Å². The molecule has 0 radical (unpaired) electrons. The Morgan fingerprint density at radius 1 is 1.65 bits per heavy atom. The summed E-state index contributed by atoms with van der Waals surface area (Å²) in [5.74, 6) is 0.736. The van der Waals surface area contributed by atoms with Gasteiger partial charge in [0, 0.05) is 24.5 Å². The van der Waals surface area contributed by atoms with Gasteiger partial charge in [-0.1, -0.05) is 6.42 Å². The molecular formula is C12H19N3OS. The fraction of sp³-hybridized carbons (Fsp3) is 0.667. The first-order valence-corrected chi connectivity index (χ1v) is 6.93. The molecule has 2 atom stereocenters. The third-order valence-electron chi connectivity index (χ3n) is 3.51. The van der Waals surface area contributed by atoms with Gasteiger partial charge in [-0.3, -0.25) is 4.79 Å². The standard InChI is InChI=1S/C12H19N3OS/c1-15(8-11-14-5-6-17-11)12(16)10-4-2-3-9(10)7-13/h5-6,9-10H,2-4,7-8,13H2,1H3/t9-,10-/m1/s1. The molecule has 1 aromatic rings. The Morgan fingerprint density at radius 3 is 3.12 bits per heavy atom. The molecule has 1 aliphatic rings. The van der Waals surface area contributed by atoms with Crippen LogP contribution in [0.4, 0.5) is 0 Å². The molecule has 1 saturated carbocycles. The molecule has 0 spiro atoms. The molecule has 2 rings (SSSR count). The third-order valence-corrected chi connectivity index (χ3v) is 4.28. The first kappa shape index (κ1) is 12.5. The molecule has 2 N–H and O–H groups in total. The molecule has 17 heavy (non-hydrogen) atoms. The zero-order valence-electron chi connectivity index (χ0n) is 10.1. The van der Waals surface area contributed by atoms with Crippen LogP contribution in [0.2, 0.25) is 0 Å². The molecule has 1 heterocycles. The second-order valence-corrected chi connectivity index (χ2v) is 5.63. The molecule has 94 valence electrons. The first-order chi connectivity index (χ1) is 8.22. The minimum atomic E-state index is 0.130. The molecule has 1 amide bonds. The summed E-state index contributed by atoms with van der Waals surface area (Å²) in [6.45, 7) is 1.24. The molecule has 0 aliphatic heterocycles. The van der Waals surface area contributed by atoms with E-state index < -0.39 is 0 Å². The topological polar surface area (TPSA) is 59.2 Å². The van der Waals surface area contributed by atoms with Crippen molar-refractivity contribution >= 4 is 17.2 Å². The summed E-state index contributed by atoms with van der Waals surface area (Å²) in [7, 11) is 1.86. The minimum absolute atomic E-state index is 0.130. The lowest BCUT2D eigenvalue weighted by atomic mass is 9.95. The average Bonchev–Trinajstić information content (AvgIpc) is 2.97. The van der Waals surface area contributed by atoms with Gasteiger partial charge < -0.3 is 10.6 Å². The number of hydrogen-bond acceptors (Lipinski definition) is 4. The summed E-state index contributed by atoms with van der Waals surface area (Å²) in [5.41, 5.74) is 5.72. The highest BCUT2D eigenvalue weighted by atomic mass is 32.1. The molecule has 1 fully saturated rings. The van der Waals surface area contributed by atoms with Gasteiger partial charge in [0.25, 0.3) is 0 Å². The Hall–Kier alpha value is -0.940. The van der Waals surface area contributed by atoms with E-state index in [0.717, 1.165) is 24.3 Å². The van der Waals surface area contributed by atoms with Crippen LogP contribution in [0.3, 0.4) is 0 Å². The second-order valence-electron chi connectivity index (χ2n) is 4.65. The van der Waals surface area contributed by atoms with Crippen LogP contribution in [-0.2, 0) is 11.3 Å². The van der Waals surface area contributed by atoms with Crippen LogP contribution in [0.1, 0.15) is 24.3 Å². The molecule has 1 aliphatic carbocycles. The number of thiazole rings is 1. The molecule has 4 nitrogen and oxygen atoms in total. The summed E-state index contributed by atoms with van der Waals surface area (Å²) >= 11 is 1.59. The van der Waals surface area contributed by atoms with Gasteiger partial charge in [-0.15, -0.1) is 11.3 Å². The maximum absolute atomic E-state index is 12.3. The fourth-order valence-electron chi connectivity index (χ4n) is 2.54. The van der Waals surface area contributed by atoms with E-state index in [2.05, 4.69) is 4.98 Å². The number of nitrogens with two attached hydrogens (primary N) is 1. The van der Waals surface area contributed by atoms with Crippen molar-refractivity contribution in [1.29, 1.82) is 0 Å². The maximum atomic E-state index is 12.3. The summed E-state index contributed by atoms with van der Waals surface area (Å²) in [5, 5.41) is 2.93. The van der Waals surface area contributed by atoms with Crippen LogP contribution in [0.5, 0.6) is 0 Å². The van der Waals surface area contributed by atoms with Crippen LogP contribution < -0.4 is 5.73 Å². The molecule has 0 unspecified atom stereocenters. The fourth-order valence-corrected chi connectivity index (χ4v) is 3.21. The summed E-state index contributed by atoms with van der Waals surface area (Å²) in [4.78, 5) is 18.3. The Morgan fingerprint density at radius 2 is 2.47 bits per heavy atom. The van der Waals surface area contributed by atoms with E-state index >= 15 is 0 Å². The largest absolute Gasteiger partial charge is 0.339 e. The monoisotopic (exact) mass is 253 g/mol. The SMILES string of the molecule is CN(Cc1nccs1)C(=O)[C@@H]1CCC[C@@H]1CN. The lowest BCUT2D eigenvalue weighted by Crippen LogP contribution is -2.36. The Kier molecular flexibility index (Phi) is 4.12. The van der Waals surface area contributed by atoms with Gasteiger partial charge >= 0.3 is 0 Å². The average molecular weight is 253 g/mol. The molecule has 1 aromatic heterocycles. The molecule has 5 heteroatoms. The summed E-state index contributed by atoms with van der Waals surface area (Å²) in [6, 6.07) is 0. The van der Waals surface area contributed by atoms with Crippen molar-refractivity contribution in [2.75, 3.05) is 13.6 Å². The van der Waals surface area contributed by atoms with E-state index in [1.807, 2.05) is 12.4 Å². The van der Waals surface area contributed by atoms with E-state index in [1.54, 1.807) is 22.4 Å². The van der Waals surface area contributed by atoms with Crippen LogP contribution in [-0.4, -0.2) is 29.4 Å². The van der Waals surface area contributed by atoms with Crippen molar-refractivity contribution in [3.63, 3.8) is 0 Å². The Balaban J connectivity index is 1.94. The third kappa shape index (κ3) is 2.84. The first-order valence-electron chi connectivity index (χ1n) is 6.05. The lowest BCUT2D eigenvalue weighted by molar-refractivity contribution is -0.135. The van der Waals surface area contributed by atoms with Gasteiger partial charge in [-0.2, -0.15) is 0 Å². The van der Waals surface area contributed by atoms with Crippen molar-refractivity contribution < 1.29 is 4.79 Å². The normalized spacial score (nSPS) is 23.9. The van der Waals surface area contributed by atoms with Crippen LogP contribution in [0.25, 0.3) is 0 Å². The number of nitrogens with zero attached hydrogens (tertiary/aromatic N) is 2. The van der Waals surface area contributed by atoms with Gasteiger partial charge in [0.05, 0.1) is 6.54 Å². The van der Waals surface area contributed by atoms with Crippen molar-refractivity contribution in [2.45, 2.75) is 25.8 Å². The van der Waals surface area contributed by atoms with E-state index in [9.17, 15) is 4.79 Å². The maximum Gasteiger partial charge on any atom is 0.226 e. The lowest BCUT2D eigenvalue weighted by Gasteiger charge is -2.23. The zero-order valence-corrected chi connectivity index (χ0v) is 10.9. The number of amides is 1. The number of carbonyl (C=O) groups is 1. The number of carbonyl (C=O) groups excluding carboxylic acids is 1. The van der Waals surface area contributed by atoms with Crippen molar-refractivity contribution in [1.82, 2.24) is 9.88 Å². The summed E-state index contributed by atoms with van der Waals surface area (Å²) in [6.07, 6.45) is 4.99. The zero-order chi connectivity index (χ0) is 12.3. The Labute approximate surface area is 106 Å². The van der Waals surface area contributed by atoms with E-state index in [0.29, 0.717) is 19.0 Å². The smallest absolute Gasteiger partial charge is 0.226 e. The van der Waals surface area contributed by atoms with Crippen LogP contribution in [0.15, 0.2) is 11.6 Å². The van der Waals surface area contributed by atoms with Gasteiger partial charge in [0.1, 0.15) is 5.01 Å². The van der Waals surface area contributed by atoms with E-state index in [4.69, 9.17) is 5.73 Å². The highest BCUT2D eigenvalue weighted by Crippen LogP contribution is 2.32. The van der Waals surface area contributed by atoms with Gasteiger partial charge in [0.15, 0.2) is 0 Å². The minimum Gasteiger partial charge on any atom is -0.339 e. The summed E-state index contributed by atoms with van der Waals surface area (Å²) < 4.78 is 0. The number of rotatable bonds is 4. The predicted molar refractivity (Wildman–Crippen MR) is 68.5 cm³/mol. The van der Waals surface area contributed by atoms with Crippen LogP contribution in [0, 0.1) is 11.8 Å². The van der Waals surface area contributed by atoms with Crippen LogP contribution >= 0.6 is 11.3 Å². The quantitative estimate of drug-likeness (QED) is 0.884. The van der Waals surface area contributed by atoms with Crippen molar-refractivity contribution in [3.8, 4) is 0 Å². The van der Waals surface area contributed by atoms with Gasteiger partial charge in [-0.25, -0.2) is 4.98 Å². The molecule has 0 bridgehead atoms.